The van der Waals surface area contributed by atoms with E-state index in [4.69, 9.17) is 4.74 Å². The summed E-state index contributed by atoms with van der Waals surface area (Å²) in [5, 5.41) is 1.93. The number of hydrogen-bond acceptors (Lipinski definition) is 4. The molecule has 0 saturated carbocycles. The van der Waals surface area contributed by atoms with Crippen molar-refractivity contribution in [2.45, 2.75) is 53.6 Å². The van der Waals surface area contributed by atoms with Gasteiger partial charge in [0.25, 0.3) is 0 Å². The summed E-state index contributed by atoms with van der Waals surface area (Å²) in [6, 6.07) is 1.93. The van der Waals surface area contributed by atoms with Gasteiger partial charge in [0.15, 0.2) is 0 Å². The standard InChI is InChI=1S/C6H8O2.C5H5NS.C3H8.C2H6/c1-5-3-2-4-6(7)8-5;1-2-5-3-4-7-6-5;1-3-2;1-2/h2,4-5H,3H2,1H3;2-4H,1H2;3H2,1-2H3;1-2H3. The van der Waals surface area contributed by atoms with Crippen molar-refractivity contribution in [2.75, 3.05) is 0 Å². The van der Waals surface area contributed by atoms with E-state index < -0.39 is 0 Å². The lowest BCUT2D eigenvalue weighted by atomic mass is 10.2. The largest absolute Gasteiger partial charge is 0.459 e. The van der Waals surface area contributed by atoms with E-state index in [-0.39, 0.29) is 12.1 Å². The number of cyclic esters (lactones) is 1. The molecule has 1 aromatic heterocycles. The van der Waals surface area contributed by atoms with E-state index in [1.54, 1.807) is 6.08 Å². The van der Waals surface area contributed by atoms with Crippen molar-refractivity contribution in [1.82, 2.24) is 4.37 Å². The smallest absolute Gasteiger partial charge is 0.330 e. The molecule has 1 unspecified atom stereocenters. The first kappa shape index (κ1) is 20.9. The van der Waals surface area contributed by atoms with E-state index in [9.17, 15) is 4.79 Å². The van der Waals surface area contributed by atoms with Gasteiger partial charge in [0.1, 0.15) is 6.10 Å². The molecule has 1 aliphatic rings. The molecule has 0 aliphatic carbocycles. The van der Waals surface area contributed by atoms with Gasteiger partial charge in [0.2, 0.25) is 0 Å². The van der Waals surface area contributed by atoms with Gasteiger partial charge >= 0.3 is 5.97 Å². The number of carbonyl (C=O) groups is 1. The summed E-state index contributed by atoms with van der Waals surface area (Å²) < 4.78 is 8.72. The third-order valence-electron chi connectivity index (χ3n) is 1.71. The fourth-order valence-corrected chi connectivity index (χ4v) is 1.49. The highest BCUT2D eigenvalue weighted by atomic mass is 32.1. The predicted molar refractivity (Wildman–Crippen MR) is 88.8 cm³/mol. The Bertz CT molecular complexity index is 359. The fourth-order valence-electron chi connectivity index (χ4n) is 0.969. The average molecular weight is 297 g/mol. The second-order valence-corrected chi connectivity index (χ2v) is 4.39. The summed E-state index contributed by atoms with van der Waals surface area (Å²) in [6.45, 7) is 13.7. The Labute approximate surface area is 127 Å². The first-order valence-electron chi connectivity index (χ1n) is 7.03. The lowest BCUT2D eigenvalue weighted by molar-refractivity contribution is -0.143. The molecule has 0 aromatic carbocycles. The molecule has 3 nitrogen and oxygen atoms in total. The monoisotopic (exact) mass is 297 g/mol. The molecule has 4 heteroatoms. The Morgan fingerprint density at radius 2 is 2.10 bits per heavy atom. The van der Waals surface area contributed by atoms with Crippen molar-refractivity contribution in [3.05, 3.63) is 35.9 Å². The van der Waals surface area contributed by atoms with Gasteiger partial charge < -0.3 is 4.74 Å². The van der Waals surface area contributed by atoms with Crippen LogP contribution < -0.4 is 0 Å². The minimum Gasteiger partial charge on any atom is -0.459 e. The molecule has 0 fully saturated rings. The Hall–Kier alpha value is -1.42. The van der Waals surface area contributed by atoms with Crippen molar-refractivity contribution < 1.29 is 9.53 Å². The average Bonchev–Trinajstić information content (AvgIpc) is 2.95. The molecule has 0 amide bonds. The molecular weight excluding hydrogens is 270 g/mol. The van der Waals surface area contributed by atoms with Gasteiger partial charge in [-0.05, 0) is 30.6 Å². The molecule has 2 heterocycles. The maximum atomic E-state index is 10.4. The van der Waals surface area contributed by atoms with Crippen molar-refractivity contribution in [1.29, 1.82) is 0 Å². The summed E-state index contributed by atoms with van der Waals surface area (Å²) in [4.78, 5) is 10.4. The molecule has 0 radical (unpaired) electrons. The van der Waals surface area contributed by atoms with E-state index in [2.05, 4.69) is 24.8 Å². The molecule has 0 bridgehead atoms. The second-order valence-electron chi connectivity index (χ2n) is 3.72. The summed E-state index contributed by atoms with van der Waals surface area (Å²) in [5.74, 6) is -0.219. The third kappa shape index (κ3) is 13.0. The van der Waals surface area contributed by atoms with Crippen LogP contribution in [0, 0.1) is 0 Å². The lowest BCUT2D eigenvalue weighted by Gasteiger charge is -2.12. The number of carbonyl (C=O) groups excluding carboxylic acids is 1. The number of rotatable bonds is 1. The summed E-state index contributed by atoms with van der Waals surface area (Å²) in [7, 11) is 0. The van der Waals surface area contributed by atoms with Gasteiger partial charge in [0, 0.05) is 17.9 Å². The van der Waals surface area contributed by atoms with E-state index in [1.807, 2.05) is 38.3 Å². The third-order valence-corrected chi connectivity index (χ3v) is 2.28. The van der Waals surface area contributed by atoms with Gasteiger partial charge in [-0.3, -0.25) is 0 Å². The highest BCUT2D eigenvalue weighted by molar-refractivity contribution is 7.03. The first-order valence-corrected chi connectivity index (χ1v) is 7.87. The maximum Gasteiger partial charge on any atom is 0.330 e. The maximum absolute atomic E-state index is 10.4. The Morgan fingerprint density at radius 1 is 1.50 bits per heavy atom. The number of hydrogen-bond donors (Lipinski definition) is 0. The van der Waals surface area contributed by atoms with Crippen LogP contribution in [0.4, 0.5) is 0 Å². The number of ether oxygens (including phenoxy) is 1. The molecule has 2 rings (SSSR count). The van der Waals surface area contributed by atoms with Crippen molar-refractivity contribution in [2.24, 2.45) is 0 Å². The topological polar surface area (TPSA) is 39.2 Å². The fraction of sp³-hybridized carbons (Fsp3) is 0.500. The Kier molecular flexibility index (Phi) is 16.3. The number of esters is 1. The van der Waals surface area contributed by atoms with Gasteiger partial charge in [0.05, 0.1) is 5.69 Å². The zero-order valence-corrected chi connectivity index (χ0v) is 14.1. The van der Waals surface area contributed by atoms with Crippen LogP contribution in [0.3, 0.4) is 0 Å². The normalized spacial score (nSPS) is 15.2. The van der Waals surface area contributed by atoms with Gasteiger partial charge in [-0.2, -0.15) is 4.37 Å². The minimum atomic E-state index is -0.219. The molecule has 0 N–H and O–H groups in total. The van der Waals surface area contributed by atoms with E-state index >= 15 is 0 Å². The highest BCUT2D eigenvalue weighted by Gasteiger charge is 2.08. The Morgan fingerprint density at radius 3 is 2.35 bits per heavy atom. The van der Waals surface area contributed by atoms with Crippen LogP contribution in [-0.4, -0.2) is 16.4 Å². The molecule has 1 aliphatic heterocycles. The summed E-state index contributed by atoms with van der Waals surface area (Å²) in [6.07, 6.45) is 7.20. The predicted octanol–water partition coefficient (Wildman–Crippen LogP) is 5.11. The summed E-state index contributed by atoms with van der Waals surface area (Å²) >= 11 is 1.44. The quantitative estimate of drug-likeness (QED) is 0.676. The molecule has 0 saturated heterocycles. The van der Waals surface area contributed by atoms with Crippen LogP contribution in [0.2, 0.25) is 0 Å². The molecular formula is C16H27NO2S. The zero-order chi connectivity index (χ0) is 15.8. The second kappa shape index (κ2) is 15.6. The van der Waals surface area contributed by atoms with Crippen LogP contribution >= 0.6 is 11.5 Å². The van der Waals surface area contributed by atoms with Crippen molar-refractivity contribution >= 4 is 23.6 Å². The van der Waals surface area contributed by atoms with E-state index in [0.29, 0.717) is 0 Å². The van der Waals surface area contributed by atoms with Crippen molar-refractivity contribution in [3.63, 3.8) is 0 Å². The van der Waals surface area contributed by atoms with Crippen LogP contribution in [0.15, 0.2) is 30.2 Å². The molecule has 1 atom stereocenters. The van der Waals surface area contributed by atoms with Crippen LogP contribution in [0.1, 0.15) is 53.2 Å². The van der Waals surface area contributed by atoms with E-state index in [1.165, 1.54) is 24.0 Å². The SMILES string of the molecule is C=Cc1ccsn1.CC.CC1CC=CC(=O)O1.CCC. The summed E-state index contributed by atoms with van der Waals surface area (Å²) in [5.41, 5.74) is 0.963. The molecule has 20 heavy (non-hydrogen) atoms. The molecule has 0 spiro atoms. The van der Waals surface area contributed by atoms with Crippen LogP contribution in [0.5, 0.6) is 0 Å². The van der Waals surface area contributed by atoms with Crippen LogP contribution in [-0.2, 0) is 9.53 Å². The zero-order valence-electron chi connectivity index (χ0n) is 13.3. The van der Waals surface area contributed by atoms with Gasteiger partial charge in [-0.25, -0.2) is 4.79 Å². The van der Waals surface area contributed by atoms with Crippen LogP contribution in [0.25, 0.3) is 6.08 Å². The number of nitrogens with zero attached hydrogens (tertiary/aromatic N) is 1. The molecule has 114 valence electrons. The lowest BCUT2D eigenvalue weighted by Crippen LogP contribution is -2.15. The van der Waals surface area contributed by atoms with Gasteiger partial charge in [-0.1, -0.05) is 46.8 Å². The molecule has 1 aromatic rings. The minimum absolute atomic E-state index is 0.0764. The van der Waals surface area contributed by atoms with Crippen molar-refractivity contribution in [3.8, 4) is 0 Å². The first-order chi connectivity index (χ1) is 9.63. The van der Waals surface area contributed by atoms with E-state index in [0.717, 1.165) is 12.1 Å². The Balaban J connectivity index is 0. The highest BCUT2D eigenvalue weighted by Crippen LogP contribution is 2.04. The number of aromatic nitrogens is 1. The van der Waals surface area contributed by atoms with Gasteiger partial charge in [-0.15, -0.1) is 0 Å².